The SMILES string of the molecule is CCC(O)O.CCCCOCCCC.COC(C)COC(C)CO. The van der Waals surface area contributed by atoms with E-state index in [0.717, 1.165) is 13.2 Å². The lowest BCUT2D eigenvalue weighted by atomic mass is 10.3. The minimum Gasteiger partial charge on any atom is -0.394 e. The molecule has 2 atom stereocenters. The Morgan fingerprint density at radius 3 is 1.62 bits per heavy atom. The Hall–Kier alpha value is -0.240. The van der Waals surface area contributed by atoms with Crippen LogP contribution in [0.4, 0.5) is 0 Å². The Kier molecular flexibility index (Phi) is 29.8. The first-order valence-corrected chi connectivity index (χ1v) is 9.08. The van der Waals surface area contributed by atoms with E-state index in [0.29, 0.717) is 13.0 Å². The first-order valence-electron chi connectivity index (χ1n) is 9.08. The molecule has 3 N–H and O–H groups in total. The van der Waals surface area contributed by atoms with Crippen molar-refractivity contribution in [1.29, 1.82) is 0 Å². The van der Waals surface area contributed by atoms with Crippen LogP contribution in [0.3, 0.4) is 0 Å². The highest BCUT2D eigenvalue weighted by Gasteiger charge is 2.03. The quantitative estimate of drug-likeness (QED) is 0.369. The Bertz CT molecular complexity index is 186. The van der Waals surface area contributed by atoms with Crippen LogP contribution < -0.4 is 0 Å². The second-order valence-electron chi connectivity index (χ2n) is 5.58. The fourth-order valence-corrected chi connectivity index (χ4v) is 1.02. The molecule has 24 heavy (non-hydrogen) atoms. The van der Waals surface area contributed by atoms with Gasteiger partial charge >= 0.3 is 0 Å². The summed E-state index contributed by atoms with van der Waals surface area (Å²) in [5.74, 6) is 0. The average Bonchev–Trinajstić information content (AvgIpc) is 2.60. The average molecular weight is 355 g/mol. The third-order valence-corrected chi connectivity index (χ3v) is 2.92. The van der Waals surface area contributed by atoms with Gasteiger partial charge < -0.3 is 29.5 Å². The molecule has 2 unspecified atom stereocenters. The van der Waals surface area contributed by atoms with Crippen molar-refractivity contribution in [2.24, 2.45) is 0 Å². The Morgan fingerprint density at radius 1 is 0.875 bits per heavy atom. The van der Waals surface area contributed by atoms with E-state index in [9.17, 15) is 0 Å². The number of aliphatic hydroxyl groups is 3. The van der Waals surface area contributed by atoms with Gasteiger partial charge in [-0.25, -0.2) is 0 Å². The van der Waals surface area contributed by atoms with Gasteiger partial charge in [0.05, 0.1) is 25.4 Å². The van der Waals surface area contributed by atoms with Gasteiger partial charge in [0.15, 0.2) is 6.29 Å². The summed E-state index contributed by atoms with van der Waals surface area (Å²) in [6, 6.07) is 0. The molecule has 0 spiro atoms. The van der Waals surface area contributed by atoms with Crippen molar-refractivity contribution < 1.29 is 29.5 Å². The summed E-state index contributed by atoms with van der Waals surface area (Å²) in [5.41, 5.74) is 0. The predicted octanol–water partition coefficient (Wildman–Crippen LogP) is 2.73. The molecular weight excluding hydrogens is 312 g/mol. The molecule has 0 aliphatic carbocycles. The summed E-state index contributed by atoms with van der Waals surface area (Å²) < 4.78 is 15.4. The van der Waals surface area contributed by atoms with E-state index in [1.807, 2.05) is 13.8 Å². The number of aliphatic hydroxyl groups excluding tert-OH is 2. The minimum atomic E-state index is -1.12. The predicted molar refractivity (Wildman–Crippen MR) is 98.1 cm³/mol. The summed E-state index contributed by atoms with van der Waals surface area (Å²) in [4.78, 5) is 0. The van der Waals surface area contributed by atoms with Crippen molar-refractivity contribution >= 4 is 0 Å². The number of hydrogen-bond donors (Lipinski definition) is 3. The summed E-state index contributed by atoms with van der Waals surface area (Å²) in [6.07, 6.45) is 4.23. The van der Waals surface area contributed by atoms with Crippen molar-refractivity contribution in [1.82, 2.24) is 0 Å². The van der Waals surface area contributed by atoms with Crippen LogP contribution in [-0.2, 0) is 14.2 Å². The number of ether oxygens (including phenoxy) is 3. The largest absolute Gasteiger partial charge is 0.394 e. The molecule has 0 fully saturated rings. The van der Waals surface area contributed by atoms with Crippen LogP contribution in [-0.4, -0.2) is 67.4 Å². The highest BCUT2D eigenvalue weighted by Crippen LogP contribution is 1.93. The topological polar surface area (TPSA) is 88.4 Å². The van der Waals surface area contributed by atoms with Crippen LogP contribution in [0.25, 0.3) is 0 Å². The van der Waals surface area contributed by atoms with Gasteiger partial charge in [-0.15, -0.1) is 0 Å². The van der Waals surface area contributed by atoms with E-state index in [1.165, 1.54) is 25.7 Å². The third kappa shape index (κ3) is 33.4. The van der Waals surface area contributed by atoms with Crippen LogP contribution in [0.2, 0.25) is 0 Å². The molecule has 0 rings (SSSR count). The van der Waals surface area contributed by atoms with Crippen LogP contribution in [0.15, 0.2) is 0 Å². The van der Waals surface area contributed by atoms with Crippen LogP contribution in [0.1, 0.15) is 66.7 Å². The molecule has 150 valence electrons. The van der Waals surface area contributed by atoms with Crippen molar-refractivity contribution in [2.45, 2.75) is 85.2 Å². The standard InChI is InChI=1S/C8H18O.C7H16O3.C3H8O2/c1-3-5-7-9-8-6-4-2;1-6(4-8)10-5-7(2)9-3;1-2-3(4)5/h3-8H2,1-2H3;6-8H,4-5H2,1-3H3;3-5H,2H2,1H3. The van der Waals surface area contributed by atoms with Crippen LogP contribution in [0.5, 0.6) is 0 Å². The highest BCUT2D eigenvalue weighted by molar-refractivity contribution is 4.49. The van der Waals surface area contributed by atoms with Crippen molar-refractivity contribution in [3.8, 4) is 0 Å². The van der Waals surface area contributed by atoms with E-state index in [2.05, 4.69) is 13.8 Å². The van der Waals surface area contributed by atoms with Gasteiger partial charge in [-0.1, -0.05) is 33.6 Å². The molecule has 0 bridgehead atoms. The number of rotatable bonds is 12. The van der Waals surface area contributed by atoms with Gasteiger partial charge in [-0.2, -0.15) is 0 Å². The van der Waals surface area contributed by atoms with Crippen molar-refractivity contribution in [3.63, 3.8) is 0 Å². The fraction of sp³-hybridized carbons (Fsp3) is 1.00. The normalized spacial score (nSPS) is 12.8. The van der Waals surface area contributed by atoms with Crippen molar-refractivity contribution in [2.75, 3.05) is 33.5 Å². The monoisotopic (exact) mass is 354 g/mol. The Morgan fingerprint density at radius 2 is 1.33 bits per heavy atom. The van der Waals surface area contributed by atoms with Gasteiger partial charge in [-0.05, 0) is 33.1 Å². The third-order valence-electron chi connectivity index (χ3n) is 2.92. The summed E-state index contributed by atoms with van der Waals surface area (Å²) in [6.45, 7) is 12.3. The first kappa shape index (κ1) is 28.6. The molecule has 0 aromatic heterocycles. The van der Waals surface area contributed by atoms with Gasteiger partial charge in [0.2, 0.25) is 0 Å². The van der Waals surface area contributed by atoms with Gasteiger partial charge in [0.25, 0.3) is 0 Å². The highest BCUT2D eigenvalue weighted by atomic mass is 16.5. The first-order chi connectivity index (χ1) is 11.4. The molecule has 0 radical (unpaired) electrons. The summed E-state index contributed by atoms with van der Waals surface area (Å²) in [7, 11) is 1.64. The smallest absolute Gasteiger partial charge is 0.151 e. The van der Waals surface area contributed by atoms with E-state index < -0.39 is 6.29 Å². The van der Waals surface area contributed by atoms with Crippen LogP contribution in [0, 0.1) is 0 Å². The van der Waals surface area contributed by atoms with E-state index in [1.54, 1.807) is 14.0 Å². The molecule has 0 aliphatic rings. The second-order valence-corrected chi connectivity index (χ2v) is 5.58. The second kappa shape index (κ2) is 25.0. The molecule has 0 heterocycles. The van der Waals surface area contributed by atoms with Crippen LogP contribution >= 0.6 is 0 Å². The van der Waals surface area contributed by atoms with Crippen molar-refractivity contribution in [3.05, 3.63) is 0 Å². The number of methoxy groups -OCH3 is 1. The van der Waals surface area contributed by atoms with E-state index >= 15 is 0 Å². The molecule has 6 heteroatoms. The number of unbranched alkanes of at least 4 members (excludes halogenated alkanes) is 2. The molecule has 0 amide bonds. The molecule has 6 nitrogen and oxygen atoms in total. The lowest BCUT2D eigenvalue weighted by Gasteiger charge is -2.13. The zero-order valence-corrected chi connectivity index (χ0v) is 16.7. The Balaban J connectivity index is -0.000000291. The molecular formula is C18H42O6. The Labute approximate surface area is 149 Å². The summed E-state index contributed by atoms with van der Waals surface area (Å²) >= 11 is 0. The zero-order chi connectivity index (χ0) is 19.2. The maximum atomic E-state index is 8.55. The van der Waals surface area contributed by atoms with Gasteiger partial charge in [0.1, 0.15) is 0 Å². The molecule has 0 aliphatic heterocycles. The molecule has 0 aromatic carbocycles. The molecule has 0 saturated carbocycles. The maximum Gasteiger partial charge on any atom is 0.151 e. The van der Waals surface area contributed by atoms with E-state index in [-0.39, 0.29) is 18.8 Å². The lowest BCUT2D eigenvalue weighted by Crippen LogP contribution is -2.21. The lowest BCUT2D eigenvalue weighted by molar-refractivity contribution is -0.0413. The minimum absolute atomic E-state index is 0.0659. The maximum absolute atomic E-state index is 8.55. The van der Waals surface area contributed by atoms with Gasteiger partial charge in [-0.3, -0.25) is 0 Å². The van der Waals surface area contributed by atoms with E-state index in [4.69, 9.17) is 29.5 Å². The molecule has 0 aromatic rings. The summed E-state index contributed by atoms with van der Waals surface area (Å²) in [5, 5.41) is 24.4. The number of hydrogen-bond acceptors (Lipinski definition) is 6. The molecule has 0 saturated heterocycles. The van der Waals surface area contributed by atoms with Gasteiger partial charge in [0, 0.05) is 20.3 Å². The zero-order valence-electron chi connectivity index (χ0n) is 16.7. The fourth-order valence-electron chi connectivity index (χ4n) is 1.02.